The predicted octanol–water partition coefficient (Wildman–Crippen LogP) is 3.87. The first-order chi connectivity index (χ1) is 10.0. The second-order valence-electron chi connectivity index (χ2n) is 5.66. The fourth-order valence-electron chi connectivity index (χ4n) is 2.44. The van der Waals surface area contributed by atoms with E-state index in [0.717, 1.165) is 24.9 Å². The van der Waals surface area contributed by atoms with Gasteiger partial charge in [0.2, 0.25) is 5.91 Å². The lowest BCUT2D eigenvalue weighted by atomic mass is 10.1. The topological polar surface area (TPSA) is 32.3 Å². The van der Waals surface area contributed by atoms with Gasteiger partial charge < -0.3 is 10.2 Å². The maximum absolute atomic E-state index is 12.5. The second-order valence-corrected chi connectivity index (χ2v) is 6.48. The molecule has 0 spiro atoms. The molecule has 0 aliphatic heterocycles. The Labute approximate surface area is 136 Å². The molecule has 1 fully saturated rings. The number of hydrogen-bond acceptors (Lipinski definition) is 2. The molecule has 0 radical (unpaired) electrons. The van der Waals surface area contributed by atoms with Crippen molar-refractivity contribution in [3.63, 3.8) is 0 Å². The average molecular weight is 329 g/mol. The number of nitrogens with zero attached hydrogens (tertiary/aromatic N) is 1. The Morgan fingerprint density at radius 2 is 2.10 bits per heavy atom. The number of halogens is 2. The van der Waals surface area contributed by atoms with Crippen molar-refractivity contribution in [2.24, 2.45) is 0 Å². The van der Waals surface area contributed by atoms with Crippen LogP contribution in [0.4, 0.5) is 0 Å². The molecule has 1 unspecified atom stereocenters. The summed E-state index contributed by atoms with van der Waals surface area (Å²) >= 11 is 12.0. The fraction of sp³-hybridized carbons (Fsp3) is 0.562. The van der Waals surface area contributed by atoms with E-state index in [9.17, 15) is 4.79 Å². The quantitative estimate of drug-likeness (QED) is 0.823. The van der Waals surface area contributed by atoms with E-state index in [1.807, 2.05) is 24.0 Å². The van der Waals surface area contributed by atoms with E-state index in [4.69, 9.17) is 23.2 Å². The van der Waals surface area contributed by atoms with Crippen LogP contribution in [0.1, 0.15) is 38.7 Å². The Morgan fingerprint density at radius 1 is 1.38 bits per heavy atom. The summed E-state index contributed by atoms with van der Waals surface area (Å²) in [6, 6.07) is 6.17. The van der Waals surface area contributed by atoms with E-state index < -0.39 is 0 Å². The molecule has 0 saturated heterocycles. The summed E-state index contributed by atoms with van der Waals surface area (Å²) in [5.41, 5.74) is 1.03. The Kier molecular flexibility index (Phi) is 5.91. The molecule has 1 aliphatic rings. The highest BCUT2D eigenvalue weighted by Crippen LogP contribution is 2.30. The SMILES string of the molecule is CCNC(C)CC(=O)N(Cc1ccc(Cl)c(Cl)c1)C1CC1. The summed E-state index contributed by atoms with van der Waals surface area (Å²) in [7, 11) is 0. The Balaban J connectivity index is 2.01. The lowest BCUT2D eigenvalue weighted by molar-refractivity contribution is -0.132. The molecular formula is C16H22Cl2N2O. The molecule has 21 heavy (non-hydrogen) atoms. The van der Waals surface area contributed by atoms with Gasteiger partial charge in [0.1, 0.15) is 0 Å². The highest BCUT2D eigenvalue weighted by atomic mass is 35.5. The molecule has 1 saturated carbocycles. The first kappa shape index (κ1) is 16.6. The normalized spacial score (nSPS) is 15.8. The molecule has 0 bridgehead atoms. The molecule has 1 aliphatic carbocycles. The molecule has 0 aromatic heterocycles. The second kappa shape index (κ2) is 7.48. The molecule has 2 rings (SSSR count). The van der Waals surface area contributed by atoms with Crippen molar-refractivity contribution in [1.82, 2.24) is 10.2 Å². The number of carbonyl (C=O) groups is 1. The van der Waals surface area contributed by atoms with Gasteiger partial charge in [-0.25, -0.2) is 0 Å². The molecule has 5 heteroatoms. The number of nitrogens with one attached hydrogen (secondary N) is 1. The molecule has 1 N–H and O–H groups in total. The zero-order chi connectivity index (χ0) is 15.4. The van der Waals surface area contributed by atoms with Crippen molar-refractivity contribution in [2.45, 2.75) is 51.7 Å². The average Bonchev–Trinajstić information content (AvgIpc) is 3.24. The minimum atomic E-state index is 0.206. The lowest BCUT2D eigenvalue weighted by Crippen LogP contribution is -2.37. The largest absolute Gasteiger partial charge is 0.335 e. The van der Waals surface area contributed by atoms with Crippen LogP contribution in [0.15, 0.2) is 18.2 Å². The molecule has 1 atom stereocenters. The lowest BCUT2D eigenvalue weighted by Gasteiger charge is -2.24. The van der Waals surface area contributed by atoms with Gasteiger partial charge in [-0.15, -0.1) is 0 Å². The van der Waals surface area contributed by atoms with E-state index in [1.54, 1.807) is 6.07 Å². The smallest absolute Gasteiger partial charge is 0.224 e. The summed E-state index contributed by atoms with van der Waals surface area (Å²) < 4.78 is 0. The van der Waals surface area contributed by atoms with Gasteiger partial charge in [-0.3, -0.25) is 4.79 Å². The third-order valence-corrected chi connectivity index (χ3v) is 4.42. The minimum absolute atomic E-state index is 0.206. The summed E-state index contributed by atoms with van der Waals surface area (Å²) in [5, 5.41) is 4.37. The van der Waals surface area contributed by atoms with E-state index in [-0.39, 0.29) is 11.9 Å². The van der Waals surface area contributed by atoms with E-state index in [2.05, 4.69) is 12.2 Å². The van der Waals surface area contributed by atoms with Crippen LogP contribution in [0, 0.1) is 0 Å². The van der Waals surface area contributed by atoms with Gasteiger partial charge in [0.15, 0.2) is 0 Å². The standard InChI is InChI=1S/C16H22Cl2N2O/c1-3-19-11(2)8-16(21)20(13-5-6-13)10-12-4-7-14(17)15(18)9-12/h4,7,9,11,13,19H,3,5-6,8,10H2,1-2H3. The van der Waals surface area contributed by atoms with E-state index in [1.165, 1.54) is 0 Å². The van der Waals surface area contributed by atoms with Crippen molar-refractivity contribution < 1.29 is 4.79 Å². The Morgan fingerprint density at radius 3 is 2.67 bits per heavy atom. The van der Waals surface area contributed by atoms with Crippen LogP contribution >= 0.6 is 23.2 Å². The van der Waals surface area contributed by atoms with Crippen molar-refractivity contribution in [3.8, 4) is 0 Å². The zero-order valence-electron chi connectivity index (χ0n) is 12.5. The van der Waals surface area contributed by atoms with Gasteiger partial charge in [0.25, 0.3) is 0 Å². The zero-order valence-corrected chi connectivity index (χ0v) is 14.0. The molecule has 116 valence electrons. The van der Waals surface area contributed by atoms with Crippen LogP contribution in [-0.2, 0) is 11.3 Å². The molecular weight excluding hydrogens is 307 g/mol. The minimum Gasteiger partial charge on any atom is -0.335 e. The molecule has 1 aromatic rings. The van der Waals surface area contributed by atoms with Crippen molar-refractivity contribution in [1.29, 1.82) is 0 Å². The fourth-order valence-corrected chi connectivity index (χ4v) is 2.76. The maximum Gasteiger partial charge on any atom is 0.224 e. The monoisotopic (exact) mass is 328 g/mol. The van der Waals surface area contributed by atoms with Crippen molar-refractivity contribution >= 4 is 29.1 Å². The van der Waals surface area contributed by atoms with Crippen LogP contribution in [0.3, 0.4) is 0 Å². The van der Waals surface area contributed by atoms with Crippen LogP contribution in [0.5, 0.6) is 0 Å². The van der Waals surface area contributed by atoms with Crippen molar-refractivity contribution in [2.75, 3.05) is 6.54 Å². The highest BCUT2D eigenvalue weighted by molar-refractivity contribution is 6.42. The third kappa shape index (κ3) is 4.87. The summed E-state index contributed by atoms with van der Waals surface area (Å²) in [5.74, 6) is 0.206. The van der Waals surface area contributed by atoms with Gasteiger partial charge in [0.05, 0.1) is 10.0 Å². The number of hydrogen-bond donors (Lipinski definition) is 1. The van der Waals surface area contributed by atoms with Gasteiger partial charge >= 0.3 is 0 Å². The first-order valence-corrected chi connectivity index (χ1v) is 8.23. The number of benzene rings is 1. The van der Waals surface area contributed by atoms with Gasteiger partial charge in [0, 0.05) is 25.0 Å². The first-order valence-electron chi connectivity index (χ1n) is 7.48. The highest BCUT2D eigenvalue weighted by Gasteiger charge is 2.32. The van der Waals surface area contributed by atoms with E-state index in [0.29, 0.717) is 29.1 Å². The van der Waals surface area contributed by atoms with Gasteiger partial charge in [-0.2, -0.15) is 0 Å². The number of amides is 1. The van der Waals surface area contributed by atoms with Crippen LogP contribution in [-0.4, -0.2) is 29.4 Å². The molecule has 3 nitrogen and oxygen atoms in total. The van der Waals surface area contributed by atoms with Crippen LogP contribution in [0.2, 0.25) is 10.0 Å². The maximum atomic E-state index is 12.5. The summed E-state index contributed by atoms with van der Waals surface area (Å²) in [6.07, 6.45) is 2.73. The third-order valence-electron chi connectivity index (χ3n) is 3.68. The molecule has 1 amide bonds. The van der Waals surface area contributed by atoms with Gasteiger partial charge in [-0.1, -0.05) is 36.2 Å². The Bertz CT molecular complexity index is 503. The van der Waals surface area contributed by atoms with Crippen LogP contribution in [0.25, 0.3) is 0 Å². The predicted molar refractivity (Wildman–Crippen MR) is 87.8 cm³/mol. The van der Waals surface area contributed by atoms with Crippen molar-refractivity contribution in [3.05, 3.63) is 33.8 Å². The summed E-state index contributed by atoms with van der Waals surface area (Å²) in [4.78, 5) is 14.5. The van der Waals surface area contributed by atoms with Gasteiger partial charge in [-0.05, 0) is 44.0 Å². The Hall–Kier alpha value is -0.770. The number of rotatable bonds is 7. The summed E-state index contributed by atoms with van der Waals surface area (Å²) in [6.45, 7) is 5.59. The molecule has 0 heterocycles. The number of carbonyl (C=O) groups excluding carboxylic acids is 1. The van der Waals surface area contributed by atoms with Crippen LogP contribution < -0.4 is 5.32 Å². The molecule has 1 aromatic carbocycles. The van der Waals surface area contributed by atoms with E-state index >= 15 is 0 Å².